The minimum Gasteiger partial charge on any atom is -0.338 e. The molecule has 0 N–H and O–H groups in total. The Kier molecular flexibility index (Phi) is 4.23. The third-order valence-corrected chi connectivity index (χ3v) is 5.29. The normalized spacial score (nSPS) is 15.6. The standard InChI is InChI=1S/C21H22FN3O/c1-14-3-5-18(15(2)11-14)21(26)24-9-7-17(8-10-24)25-13-23-19-6-4-16(22)12-20(19)25/h3-6,11-13,17H,7-10H2,1-2H3. The maximum Gasteiger partial charge on any atom is 0.254 e. The lowest BCUT2D eigenvalue weighted by Gasteiger charge is -2.33. The number of benzene rings is 2. The van der Waals surface area contributed by atoms with Crippen molar-refractivity contribution >= 4 is 16.9 Å². The van der Waals surface area contributed by atoms with Gasteiger partial charge in [0.15, 0.2) is 0 Å². The zero-order chi connectivity index (χ0) is 18.3. The van der Waals surface area contributed by atoms with Gasteiger partial charge in [0, 0.05) is 24.7 Å². The number of likely N-dealkylation sites (tertiary alicyclic amines) is 1. The van der Waals surface area contributed by atoms with E-state index >= 15 is 0 Å². The number of aromatic nitrogens is 2. The van der Waals surface area contributed by atoms with Crippen LogP contribution in [0, 0.1) is 19.7 Å². The number of halogens is 1. The molecule has 4 rings (SSSR count). The molecular weight excluding hydrogens is 329 g/mol. The predicted molar refractivity (Wildman–Crippen MR) is 99.8 cm³/mol. The number of imidazole rings is 1. The molecule has 0 spiro atoms. The topological polar surface area (TPSA) is 38.1 Å². The third kappa shape index (κ3) is 2.98. The van der Waals surface area contributed by atoms with Gasteiger partial charge in [-0.2, -0.15) is 0 Å². The molecule has 2 heterocycles. The van der Waals surface area contributed by atoms with Gasteiger partial charge in [-0.1, -0.05) is 17.7 Å². The molecule has 2 aromatic carbocycles. The van der Waals surface area contributed by atoms with Crippen molar-refractivity contribution in [1.29, 1.82) is 0 Å². The van der Waals surface area contributed by atoms with E-state index in [-0.39, 0.29) is 17.8 Å². The number of hydrogen-bond acceptors (Lipinski definition) is 2. The SMILES string of the molecule is Cc1ccc(C(=O)N2CCC(n3cnc4ccc(F)cc43)CC2)c(C)c1. The number of carbonyl (C=O) groups excluding carboxylic acids is 1. The van der Waals surface area contributed by atoms with Crippen LogP contribution in [0.15, 0.2) is 42.7 Å². The van der Waals surface area contributed by atoms with Crippen LogP contribution in [0.2, 0.25) is 0 Å². The molecule has 5 heteroatoms. The van der Waals surface area contributed by atoms with Gasteiger partial charge in [-0.05, 0) is 56.5 Å². The molecule has 1 aromatic heterocycles. The zero-order valence-corrected chi connectivity index (χ0v) is 15.1. The first-order valence-corrected chi connectivity index (χ1v) is 9.01. The van der Waals surface area contributed by atoms with E-state index < -0.39 is 0 Å². The van der Waals surface area contributed by atoms with Crippen LogP contribution >= 0.6 is 0 Å². The van der Waals surface area contributed by atoms with Crippen molar-refractivity contribution in [3.05, 3.63) is 65.2 Å². The molecule has 4 nitrogen and oxygen atoms in total. The molecule has 0 atom stereocenters. The van der Waals surface area contributed by atoms with Crippen LogP contribution in [-0.4, -0.2) is 33.4 Å². The number of carbonyl (C=O) groups is 1. The Morgan fingerprint density at radius 2 is 1.88 bits per heavy atom. The summed E-state index contributed by atoms with van der Waals surface area (Å²) in [4.78, 5) is 19.1. The molecule has 0 unspecified atom stereocenters. The van der Waals surface area contributed by atoms with Gasteiger partial charge < -0.3 is 9.47 Å². The van der Waals surface area contributed by atoms with E-state index in [2.05, 4.69) is 9.55 Å². The van der Waals surface area contributed by atoms with Gasteiger partial charge in [0.25, 0.3) is 5.91 Å². The number of fused-ring (bicyclic) bond motifs is 1. The first kappa shape index (κ1) is 16.8. The molecule has 134 valence electrons. The van der Waals surface area contributed by atoms with Crippen molar-refractivity contribution in [2.24, 2.45) is 0 Å². The summed E-state index contributed by atoms with van der Waals surface area (Å²) < 4.78 is 15.6. The van der Waals surface area contributed by atoms with Crippen LogP contribution in [0.25, 0.3) is 11.0 Å². The molecule has 1 amide bonds. The summed E-state index contributed by atoms with van der Waals surface area (Å²) in [6.45, 7) is 5.42. The van der Waals surface area contributed by atoms with Crippen molar-refractivity contribution in [3.63, 3.8) is 0 Å². The molecule has 26 heavy (non-hydrogen) atoms. The van der Waals surface area contributed by atoms with E-state index in [1.165, 1.54) is 12.1 Å². The third-order valence-electron chi connectivity index (χ3n) is 5.29. The Morgan fingerprint density at radius 1 is 1.12 bits per heavy atom. The minimum absolute atomic E-state index is 0.0995. The summed E-state index contributed by atoms with van der Waals surface area (Å²) in [5.74, 6) is -0.149. The predicted octanol–water partition coefficient (Wildman–Crippen LogP) is 4.27. The Bertz CT molecular complexity index is 971. The van der Waals surface area contributed by atoms with Crippen LogP contribution in [-0.2, 0) is 0 Å². The lowest BCUT2D eigenvalue weighted by Crippen LogP contribution is -2.39. The second-order valence-corrected chi connectivity index (χ2v) is 7.13. The summed E-state index contributed by atoms with van der Waals surface area (Å²) in [6, 6.07) is 10.9. The molecule has 0 aliphatic carbocycles. The molecule has 1 fully saturated rings. The smallest absolute Gasteiger partial charge is 0.254 e. The highest BCUT2D eigenvalue weighted by molar-refractivity contribution is 5.95. The summed E-state index contributed by atoms with van der Waals surface area (Å²) in [6.07, 6.45) is 3.48. The van der Waals surface area contributed by atoms with Crippen molar-refractivity contribution in [2.45, 2.75) is 32.7 Å². The Morgan fingerprint density at radius 3 is 2.62 bits per heavy atom. The number of rotatable bonds is 2. The fourth-order valence-electron chi connectivity index (χ4n) is 3.86. The van der Waals surface area contributed by atoms with Crippen LogP contribution in [0.1, 0.15) is 40.4 Å². The Hall–Kier alpha value is -2.69. The summed E-state index contributed by atoms with van der Waals surface area (Å²) in [7, 11) is 0. The molecule has 0 saturated carbocycles. The largest absolute Gasteiger partial charge is 0.338 e. The molecule has 1 aliphatic rings. The van der Waals surface area contributed by atoms with E-state index in [9.17, 15) is 9.18 Å². The molecular formula is C21H22FN3O. The first-order valence-electron chi connectivity index (χ1n) is 9.01. The maximum atomic E-state index is 13.6. The van der Waals surface area contributed by atoms with E-state index in [1.807, 2.05) is 36.9 Å². The van der Waals surface area contributed by atoms with Crippen LogP contribution in [0.5, 0.6) is 0 Å². The highest BCUT2D eigenvalue weighted by atomic mass is 19.1. The molecule has 1 saturated heterocycles. The highest BCUT2D eigenvalue weighted by Crippen LogP contribution is 2.28. The van der Waals surface area contributed by atoms with Gasteiger partial charge >= 0.3 is 0 Å². The molecule has 0 bridgehead atoms. The summed E-state index contributed by atoms with van der Waals surface area (Å²) in [5, 5.41) is 0. The van der Waals surface area contributed by atoms with Gasteiger partial charge in [0.05, 0.1) is 17.4 Å². The summed E-state index contributed by atoms with van der Waals surface area (Å²) >= 11 is 0. The van der Waals surface area contributed by atoms with E-state index in [1.54, 1.807) is 12.4 Å². The Labute approximate surface area is 152 Å². The molecule has 3 aromatic rings. The number of aryl methyl sites for hydroxylation is 2. The second kappa shape index (κ2) is 6.56. The van der Waals surface area contributed by atoms with Gasteiger partial charge in [-0.15, -0.1) is 0 Å². The van der Waals surface area contributed by atoms with Crippen LogP contribution in [0.4, 0.5) is 4.39 Å². The van der Waals surface area contributed by atoms with Crippen LogP contribution < -0.4 is 0 Å². The van der Waals surface area contributed by atoms with Crippen LogP contribution in [0.3, 0.4) is 0 Å². The quantitative estimate of drug-likeness (QED) is 0.691. The fourth-order valence-corrected chi connectivity index (χ4v) is 3.86. The number of amides is 1. The average Bonchev–Trinajstić information content (AvgIpc) is 3.04. The second-order valence-electron chi connectivity index (χ2n) is 7.13. The monoisotopic (exact) mass is 351 g/mol. The fraction of sp³-hybridized carbons (Fsp3) is 0.333. The van der Waals surface area contributed by atoms with Crippen molar-refractivity contribution < 1.29 is 9.18 Å². The van der Waals surface area contributed by atoms with E-state index in [4.69, 9.17) is 0 Å². The van der Waals surface area contributed by atoms with Gasteiger partial charge in [-0.3, -0.25) is 4.79 Å². The molecule has 0 radical (unpaired) electrons. The van der Waals surface area contributed by atoms with Crippen molar-refractivity contribution in [1.82, 2.24) is 14.5 Å². The first-order chi connectivity index (χ1) is 12.5. The maximum absolute atomic E-state index is 13.6. The highest BCUT2D eigenvalue weighted by Gasteiger charge is 2.26. The van der Waals surface area contributed by atoms with E-state index in [0.29, 0.717) is 13.1 Å². The number of nitrogens with zero attached hydrogens (tertiary/aromatic N) is 3. The van der Waals surface area contributed by atoms with Gasteiger partial charge in [0.2, 0.25) is 0 Å². The lowest BCUT2D eigenvalue weighted by atomic mass is 10.0. The number of hydrogen-bond donors (Lipinski definition) is 0. The average molecular weight is 351 g/mol. The Balaban J connectivity index is 1.50. The van der Waals surface area contributed by atoms with Gasteiger partial charge in [-0.25, -0.2) is 9.37 Å². The van der Waals surface area contributed by atoms with Crippen molar-refractivity contribution in [3.8, 4) is 0 Å². The lowest BCUT2D eigenvalue weighted by molar-refractivity contribution is 0.0695. The minimum atomic E-state index is -0.248. The van der Waals surface area contributed by atoms with Gasteiger partial charge in [0.1, 0.15) is 5.82 Å². The van der Waals surface area contributed by atoms with E-state index in [0.717, 1.165) is 40.6 Å². The van der Waals surface area contributed by atoms with Crippen molar-refractivity contribution in [2.75, 3.05) is 13.1 Å². The molecule has 1 aliphatic heterocycles. The number of piperidine rings is 1. The zero-order valence-electron chi connectivity index (χ0n) is 15.1. The summed E-state index contributed by atoms with van der Waals surface area (Å²) in [5.41, 5.74) is 4.60.